The Morgan fingerprint density at radius 3 is 2.53 bits per heavy atom. The molecule has 0 unspecified atom stereocenters. The lowest BCUT2D eigenvalue weighted by molar-refractivity contribution is -0.135. The van der Waals surface area contributed by atoms with Gasteiger partial charge in [0.1, 0.15) is 0 Å². The zero-order chi connectivity index (χ0) is 26.1. The average molecular weight is 523 g/mol. The number of amides is 1. The molecule has 0 spiro atoms. The summed E-state index contributed by atoms with van der Waals surface area (Å²) in [5.74, 6) is -0.433. The lowest BCUT2D eigenvalue weighted by Gasteiger charge is -2.31. The average Bonchev–Trinajstić information content (AvgIpc) is 3.27. The molecule has 2 aromatic heterocycles. The normalized spacial score (nSPS) is 16.0. The summed E-state index contributed by atoms with van der Waals surface area (Å²) >= 11 is 0. The van der Waals surface area contributed by atoms with Crippen LogP contribution < -0.4 is 5.73 Å². The summed E-state index contributed by atoms with van der Waals surface area (Å²) in [6.07, 6.45) is 1.45. The largest absolute Gasteiger partial charge is 0.389 e. The zero-order valence-corrected chi connectivity index (χ0v) is 20.8. The van der Waals surface area contributed by atoms with Crippen molar-refractivity contribution < 1.29 is 26.4 Å². The molecule has 1 fully saturated rings. The molecule has 4 rings (SSSR count). The molecule has 1 amide bonds. The summed E-state index contributed by atoms with van der Waals surface area (Å²) < 4.78 is 63.6. The third-order valence-electron chi connectivity index (χ3n) is 6.79. The Morgan fingerprint density at radius 2 is 1.89 bits per heavy atom. The third kappa shape index (κ3) is 5.73. The van der Waals surface area contributed by atoms with E-state index in [9.17, 15) is 26.4 Å². The van der Waals surface area contributed by atoms with Crippen molar-refractivity contribution in [3.63, 3.8) is 0 Å². The number of H-pyrrole nitrogens is 1. The number of aromatic nitrogens is 2. The maximum Gasteiger partial charge on any atom is 0.389 e. The maximum atomic E-state index is 12.5. The van der Waals surface area contributed by atoms with Crippen molar-refractivity contribution in [1.82, 2.24) is 14.3 Å². The second kappa shape index (κ2) is 10.2. The van der Waals surface area contributed by atoms with E-state index < -0.39 is 28.5 Å². The quantitative estimate of drug-likeness (QED) is 0.445. The van der Waals surface area contributed by atoms with E-state index in [1.54, 1.807) is 31.5 Å². The van der Waals surface area contributed by atoms with E-state index in [1.807, 2.05) is 12.3 Å². The number of nitrogens with zero attached hydrogens (tertiary/aromatic N) is 2. The lowest BCUT2D eigenvalue weighted by atomic mass is 9.88. The van der Waals surface area contributed by atoms with Crippen LogP contribution in [0.25, 0.3) is 22.0 Å². The molecule has 11 heteroatoms. The second-order valence-electron chi connectivity index (χ2n) is 9.18. The number of aromatic amines is 1. The molecule has 0 saturated carbocycles. The summed E-state index contributed by atoms with van der Waals surface area (Å²) in [5, 5.41) is 0.820. The molecule has 0 aliphatic carbocycles. The van der Waals surface area contributed by atoms with Gasteiger partial charge in [0.05, 0.1) is 16.8 Å². The molecule has 3 N–H and O–H groups in total. The Hall–Kier alpha value is -2.92. The minimum atomic E-state index is -4.20. The van der Waals surface area contributed by atoms with Crippen LogP contribution in [0.4, 0.5) is 13.2 Å². The molecule has 194 valence electrons. The van der Waals surface area contributed by atoms with Crippen molar-refractivity contribution >= 4 is 26.8 Å². The number of alkyl halides is 3. The van der Waals surface area contributed by atoms with E-state index in [0.29, 0.717) is 53.7 Å². The molecule has 3 aromatic rings. The first-order chi connectivity index (χ1) is 17.0. The van der Waals surface area contributed by atoms with Gasteiger partial charge in [-0.05, 0) is 73.4 Å². The van der Waals surface area contributed by atoms with Crippen molar-refractivity contribution in [1.29, 1.82) is 0 Å². The third-order valence-corrected chi connectivity index (χ3v) is 8.67. The van der Waals surface area contributed by atoms with Crippen molar-refractivity contribution in [2.45, 2.75) is 51.1 Å². The van der Waals surface area contributed by atoms with E-state index in [1.165, 1.54) is 4.31 Å². The van der Waals surface area contributed by atoms with Crippen molar-refractivity contribution in [3.8, 4) is 11.1 Å². The summed E-state index contributed by atoms with van der Waals surface area (Å²) in [6.45, 7) is 2.49. The summed E-state index contributed by atoms with van der Waals surface area (Å²) in [6, 6.07) is 5.38. The van der Waals surface area contributed by atoms with Crippen molar-refractivity contribution in [2.75, 3.05) is 18.8 Å². The van der Waals surface area contributed by atoms with Crippen molar-refractivity contribution in [3.05, 3.63) is 53.5 Å². The number of pyridine rings is 1. The zero-order valence-electron chi connectivity index (χ0n) is 19.9. The topological polar surface area (TPSA) is 109 Å². The highest BCUT2D eigenvalue weighted by molar-refractivity contribution is 7.89. The van der Waals surface area contributed by atoms with Gasteiger partial charge in [-0.25, -0.2) is 12.7 Å². The predicted octanol–water partition coefficient (Wildman–Crippen LogP) is 4.74. The van der Waals surface area contributed by atoms with E-state index in [-0.39, 0.29) is 24.5 Å². The fraction of sp³-hybridized carbons (Fsp3) is 0.440. The number of nitrogens with one attached hydrogen (secondary N) is 1. The van der Waals surface area contributed by atoms with Gasteiger partial charge in [0, 0.05) is 49.1 Å². The Labute approximate surface area is 207 Å². The number of rotatable bonds is 8. The molecule has 1 aromatic carbocycles. The number of piperidine rings is 1. The molecule has 0 radical (unpaired) electrons. The number of primary amides is 1. The molecule has 7 nitrogen and oxygen atoms in total. The summed E-state index contributed by atoms with van der Waals surface area (Å²) in [7, 11) is -3.24. The molecule has 1 aliphatic heterocycles. The highest BCUT2D eigenvalue weighted by Crippen LogP contribution is 2.37. The van der Waals surface area contributed by atoms with Crippen LogP contribution in [-0.2, 0) is 16.4 Å². The molecule has 0 atom stereocenters. The van der Waals surface area contributed by atoms with Crippen LogP contribution in [0.3, 0.4) is 0 Å². The van der Waals surface area contributed by atoms with E-state index in [4.69, 9.17) is 5.73 Å². The number of aryl methyl sites for hydroxylation is 1. The van der Waals surface area contributed by atoms with Crippen LogP contribution in [0.15, 0.2) is 36.8 Å². The van der Waals surface area contributed by atoms with Crippen LogP contribution in [0.1, 0.15) is 60.0 Å². The molecule has 1 aliphatic rings. The Bertz CT molecular complexity index is 1360. The van der Waals surface area contributed by atoms with E-state index in [2.05, 4.69) is 9.97 Å². The van der Waals surface area contributed by atoms with Crippen LogP contribution in [0, 0.1) is 0 Å². The van der Waals surface area contributed by atoms with Crippen molar-refractivity contribution in [2.24, 2.45) is 5.73 Å². The molecular formula is C25H29F3N4O3S. The smallest absolute Gasteiger partial charge is 0.366 e. The van der Waals surface area contributed by atoms with Gasteiger partial charge in [0.2, 0.25) is 10.0 Å². The van der Waals surface area contributed by atoms with Crippen LogP contribution in [-0.4, -0.2) is 53.6 Å². The number of hydrogen-bond acceptors (Lipinski definition) is 4. The first-order valence-electron chi connectivity index (χ1n) is 11.9. The molecule has 36 heavy (non-hydrogen) atoms. The molecule has 0 bridgehead atoms. The van der Waals surface area contributed by atoms with Crippen LogP contribution in [0.5, 0.6) is 0 Å². The molecule has 3 heterocycles. The first kappa shape index (κ1) is 26.2. The summed E-state index contributed by atoms with van der Waals surface area (Å²) in [5.41, 5.74) is 9.63. The Balaban J connectivity index is 1.65. The van der Waals surface area contributed by atoms with Gasteiger partial charge in [0.15, 0.2) is 0 Å². The van der Waals surface area contributed by atoms with E-state index in [0.717, 1.165) is 10.9 Å². The fourth-order valence-electron chi connectivity index (χ4n) is 4.85. The Kier molecular flexibility index (Phi) is 7.42. The monoisotopic (exact) mass is 522 g/mol. The number of benzene rings is 1. The van der Waals surface area contributed by atoms with Gasteiger partial charge in [0.25, 0.3) is 5.91 Å². The highest BCUT2D eigenvalue weighted by Gasteiger charge is 2.29. The van der Waals surface area contributed by atoms with Crippen LogP contribution in [0.2, 0.25) is 0 Å². The first-order valence-corrected chi connectivity index (χ1v) is 13.5. The van der Waals surface area contributed by atoms with Gasteiger partial charge in [-0.15, -0.1) is 0 Å². The van der Waals surface area contributed by atoms with Gasteiger partial charge >= 0.3 is 6.18 Å². The minimum absolute atomic E-state index is 0.0331. The SMILES string of the molecule is CCS(=O)(=O)N1CCC(c2c[nH]c3c(C(N)=O)cc(-c4cncc(CCCC(F)(F)F)c4)cc23)CC1. The van der Waals surface area contributed by atoms with Gasteiger partial charge in [-0.1, -0.05) is 0 Å². The highest BCUT2D eigenvalue weighted by atomic mass is 32.2. The van der Waals surface area contributed by atoms with E-state index >= 15 is 0 Å². The second-order valence-corrected chi connectivity index (χ2v) is 11.4. The lowest BCUT2D eigenvalue weighted by Crippen LogP contribution is -2.38. The predicted molar refractivity (Wildman–Crippen MR) is 132 cm³/mol. The molecule has 1 saturated heterocycles. The van der Waals surface area contributed by atoms with Gasteiger partial charge in [-0.2, -0.15) is 13.2 Å². The standard InChI is InChI=1S/C25H29F3N4O3S/c1-2-36(34,35)32-8-5-17(6-9-32)22-15-31-23-20(22)11-18(12-21(23)24(29)33)19-10-16(13-30-14-19)4-3-7-25(26,27)28/h10-15,17,31H,2-9H2,1H3,(H2,29,33). The number of halogens is 3. The van der Waals surface area contributed by atoms with Gasteiger partial charge in [-0.3, -0.25) is 9.78 Å². The summed E-state index contributed by atoms with van der Waals surface area (Å²) in [4.78, 5) is 19.6. The number of carbonyl (C=O) groups excluding carboxylic acids is 1. The minimum Gasteiger partial charge on any atom is -0.366 e. The fourth-order valence-corrected chi connectivity index (χ4v) is 5.99. The number of nitrogens with two attached hydrogens (primary N) is 1. The number of carbonyl (C=O) groups is 1. The number of fused-ring (bicyclic) bond motifs is 1. The Morgan fingerprint density at radius 1 is 1.17 bits per heavy atom. The number of hydrogen-bond donors (Lipinski definition) is 2. The van der Waals surface area contributed by atoms with Crippen LogP contribution >= 0.6 is 0 Å². The maximum absolute atomic E-state index is 12.5. The number of sulfonamides is 1. The molecular weight excluding hydrogens is 493 g/mol. The van der Waals surface area contributed by atoms with Gasteiger partial charge < -0.3 is 10.7 Å².